The van der Waals surface area contributed by atoms with E-state index in [1.807, 2.05) is 0 Å². The topological polar surface area (TPSA) is 90.7 Å². The Labute approximate surface area is 65.3 Å². The molecule has 0 unspecified atom stereocenters. The van der Waals surface area contributed by atoms with Gasteiger partial charge in [-0.1, -0.05) is 0 Å². The van der Waals surface area contributed by atoms with Crippen molar-refractivity contribution in [2.24, 2.45) is 11.5 Å². The van der Waals surface area contributed by atoms with Crippen molar-refractivity contribution in [1.29, 1.82) is 0 Å². The van der Waals surface area contributed by atoms with Gasteiger partial charge >= 0.3 is 0 Å². The van der Waals surface area contributed by atoms with E-state index in [2.05, 4.69) is 0 Å². The molecule has 0 bridgehead atoms. The largest absolute Gasteiger partial charge is 0.389 e. The predicted octanol–water partition coefficient (Wildman–Crippen LogP) is -2.00. The fourth-order valence-corrected chi connectivity index (χ4v) is 1.08. The Morgan fingerprint density at radius 2 is 2.09 bits per heavy atom. The molecule has 5 heteroatoms. The third-order valence-electron chi connectivity index (χ3n) is 1.87. The second kappa shape index (κ2) is 3.46. The molecule has 0 saturated carbocycles. The third-order valence-corrected chi connectivity index (χ3v) is 1.87. The number of ether oxygens (including phenoxy) is 2. The van der Waals surface area contributed by atoms with Gasteiger partial charge < -0.3 is 26.0 Å². The molecule has 5 N–H and O–H groups in total. The van der Waals surface area contributed by atoms with Gasteiger partial charge in [0.1, 0.15) is 0 Å². The fraction of sp³-hybridized carbons (Fsp3) is 1.00. The standard InChI is InChI=1S/C6H14N2O3/c1-10-6-5(8)4(7)3(9)2-11-6/h3-6,9H,2,7-8H2,1H3/t3-,4+,5-,6-/m0/s1. The SMILES string of the molecule is CO[C@H]1OC[C@H](O)[C@@H](N)[C@@H]1N. The first-order valence-corrected chi connectivity index (χ1v) is 3.50. The van der Waals surface area contributed by atoms with Gasteiger partial charge in [0.25, 0.3) is 0 Å². The number of nitrogens with two attached hydrogens (primary N) is 2. The average molecular weight is 162 g/mol. The third kappa shape index (κ3) is 1.69. The molecular weight excluding hydrogens is 148 g/mol. The smallest absolute Gasteiger partial charge is 0.173 e. The van der Waals surface area contributed by atoms with Crippen molar-refractivity contribution in [2.45, 2.75) is 24.5 Å². The molecule has 1 aliphatic rings. The molecular formula is C6H14N2O3. The molecule has 5 nitrogen and oxygen atoms in total. The second-order valence-corrected chi connectivity index (χ2v) is 2.66. The molecule has 0 radical (unpaired) electrons. The van der Waals surface area contributed by atoms with Crippen molar-refractivity contribution in [3.8, 4) is 0 Å². The van der Waals surface area contributed by atoms with E-state index in [1.54, 1.807) is 0 Å². The quantitative estimate of drug-likeness (QED) is 0.415. The van der Waals surface area contributed by atoms with Crippen molar-refractivity contribution in [1.82, 2.24) is 0 Å². The van der Waals surface area contributed by atoms with E-state index in [0.29, 0.717) is 0 Å². The maximum atomic E-state index is 9.18. The Bertz CT molecular complexity index is 131. The van der Waals surface area contributed by atoms with E-state index in [1.165, 1.54) is 7.11 Å². The lowest BCUT2D eigenvalue weighted by Crippen LogP contribution is -2.61. The zero-order valence-electron chi connectivity index (χ0n) is 6.43. The Morgan fingerprint density at radius 1 is 1.45 bits per heavy atom. The van der Waals surface area contributed by atoms with Crippen LogP contribution in [-0.2, 0) is 9.47 Å². The lowest BCUT2D eigenvalue weighted by atomic mass is 10.0. The lowest BCUT2D eigenvalue weighted by Gasteiger charge is -2.35. The van der Waals surface area contributed by atoms with E-state index in [9.17, 15) is 5.11 Å². The minimum Gasteiger partial charge on any atom is -0.389 e. The van der Waals surface area contributed by atoms with Crippen LogP contribution in [0.3, 0.4) is 0 Å². The molecule has 1 saturated heterocycles. The van der Waals surface area contributed by atoms with Gasteiger partial charge in [-0.25, -0.2) is 0 Å². The van der Waals surface area contributed by atoms with E-state index < -0.39 is 24.5 Å². The first kappa shape index (κ1) is 8.89. The first-order valence-electron chi connectivity index (χ1n) is 3.50. The van der Waals surface area contributed by atoms with Gasteiger partial charge in [0.15, 0.2) is 6.29 Å². The number of aliphatic hydroxyl groups is 1. The monoisotopic (exact) mass is 162 g/mol. The normalized spacial score (nSPS) is 45.8. The highest BCUT2D eigenvalue weighted by Gasteiger charge is 2.34. The van der Waals surface area contributed by atoms with Crippen LogP contribution in [-0.4, -0.2) is 43.3 Å². The summed E-state index contributed by atoms with van der Waals surface area (Å²) in [6.45, 7) is 0.188. The molecule has 66 valence electrons. The molecule has 1 aliphatic heterocycles. The lowest BCUT2D eigenvalue weighted by molar-refractivity contribution is -0.188. The van der Waals surface area contributed by atoms with Gasteiger partial charge in [0.2, 0.25) is 0 Å². The molecule has 0 spiro atoms. The van der Waals surface area contributed by atoms with E-state index in [4.69, 9.17) is 20.9 Å². The van der Waals surface area contributed by atoms with Crippen LogP contribution in [0.5, 0.6) is 0 Å². The number of aliphatic hydroxyl groups excluding tert-OH is 1. The first-order chi connectivity index (χ1) is 5.16. The highest BCUT2D eigenvalue weighted by atomic mass is 16.7. The van der Waals surface area contributed by atoms with Crippen LogP contribution in [0.25, 0.3) is 0 Å². The average Bonchev–Trinajstić information content (AvgIpc) is 2.01. The summed E-state index contributed by atoms with van der Waals surface area (Å²) < 4.78 is 9.93. The number of methoxy groups -OCH3 is 1. The van der Waals surface area contributed by atoms with Crippen LogP contribution in [0.1, 0.15) is 0 Å². The minimum atomic E-state index is -0.684. The van der Waals surface area contributed by atoms with E-state index in [-0.39, 0.29) is 6.61 Å². The van der Waals surface area contributed by atoms with Crippen molar-refractivity contribution in [2.75, 3.05) is 13.7 Å². The molecule has 4 atom stereocenters. The van der Waals surface area contributed by atoms with Crippen LogP contribution < -0.4 is 11.5 Å². The number of hydrogen-bond acceptors (Lipinski definition) is 5. The minimum absolute atomic E-state index is 0.188. The molecule has 0 aliphatic carbocycles. The molecule has 1 fully saturated rings. The summed E-state index contributed by atoms with van der Waals surface area (Å²) in [5.74, 6) is 0. The second-order valence-electron chi connectivity index (χ2n) is 2.66. The Kier molecular flexibility index (Phi) is 2.80. The summed E-state index contributed by atoms with van der Waals surface area (Å²) in [5.41, 5.74) is 11.1. The van der Waals surface area contributed by atoms with Crippen LogP contribution in [0.15, 0.2) is 0 Å². The summed E-state index contributed by atoms with van der Waals surface area (Å²) in [6.07, 6.45) is -1.18. The highest BCUT2D eigenvalue weighted by molar-refractivity contribution is 4.88. The molecule has 11 heavy (non-hydrogen) atoms. The summed E-state index contributed by atoms with van der Waals surface area (Å²) in [6, 6.07) is -0.919. The van der Waals surface area contributed by atoms with E-state index in [0.717, 1.165) is 0 Å². The van der Waals surface area contributed by atoms with Crippen molar-refractivity contribution >= 4 is 0 Å². The van der Waals surface area contributed by atoms with Crippen molar-refractivity contribution < 1.29 is 14.6 Å². The van der Waals surface area contributed by atoms with Crippen LogP contribution in [0.4, 0.5) is 0 Å². The van der Waals surface area contributed by atoms with Crippen molar-refractivity contribution in [3.05, 3.63) is 0 Å². The summed E-state index contributed by atoms with van der Waals surface area (Å²) >= 11 is 0. The van der Waals surface area contributed by atoms with Crippen LogP contribution in [0, 0.1) is 0 Å². The van der Waals surface area contributed by atoms with Crippen LogP contribution in [0.2, 0.25) is 0 Å². The van der Waals surface area contributed by atoms with Gasteiger partial charge in [-0.05, 0) is 0 Å². The van der Waals surface area contributed by atoms with Gasteiger partial charge in [-0.3, -0.25) is 0 Å². The molecule has 1 heterocycles. The van der Waals surface area contributed by atoms with Crippen molar-refractivity contribution in [3.63, 3.8) is 0 Å². The Balaban J connectivity index is 2.52. The number of hydrogen-bond donors (Lipinski definition) is 3. The van der Waals surface area contributed by atoms with E-state index >= 15 is 0 Å². The maximum absolute atomic E-state index is 9.18. The van der Waals surface area contributed by atoms with Gasteiger partial charge in [-0.2, -0.15) is 0 Å². The molecule has 0 aromatic heterocycles. The Morgan fingerprint density at radius 3 is 2.64 bits per heavy atom. The maximum Gasteiger partial charge on any atom is 0.173 e. The Hall–Kier alpha value is -0.200. The van der Waals surface area contributed by atoms with Gasteiger partial charge in [-0.15, -0.1) is 0 Å². The van der Waals surface area contributed by atoms with Gasteiger partial charge in [0.05, 0.1) is 24.8 Å². The summed E-state index contributed by atoms with van der Waals surface area (Å²) in [5, 5.41) is 9.18. The molecule has 0 aromatic rings. The van der Waals surface area contributed by atoms with Crippen LogP contribution >= 0.6 is 0 Å². The molecule has 1 rings (SSSR count). The molecule has 0 amide bonds. The fourth-order valence-electron chi connectivity index (χ4n) is 1.08. The van der Waals surface area contributed by atoms with Gasteiger partial charge in [0, 0.05) is 7.11 Å². The summed E-state index contributed by atoms with van der Waals surface area (Å²) in [7, 11) is 1.49. The highest BCUT2D eigenvalue weighted by Crippen LogP contribution is 2.11. The molecule has 0 aromatic carbocycles. The zero-order chi connectivity index (χ0) is 8.43. The summed E-state index contributed by atoms with van der Waals surface area (Å²) in [4.78, 5) is 0. The predicted molar refractivity (Wildman–Crippen MR) is 38.7 cm³/mol. The zero-order valence-corrected chi connectivity index (χ0v) is 6.43. The number of rotatable bonds is 1.